The molecular weight excluding hydrogens is 230 g/mol. The van der Waals surface area contributed by atoms with Crippen molar-refractivity contribution in [2.24, 2.45) is 0 Å². The fraction of sp³-hybridized carbons (Fsp3) is 0.400. The van der Waals surface area contributed by atoms with Crippen LogP contribution < -0.4 is 5.32 Å². The monoisotopic (exact) mass is 238 g/mol. The number of hydrogen-bond acceptors (Lipinski definition) is 2. The second-order valence-electron chi connectivity index (χ2n) is 1.21. The van der Waals surface area contributed by atoms with Crippen molar-refractivity contribution in [1.29, 1.82) is 0 Å². The normalized spacial score (nSPS) is 8.67. The van der Waals surface area contributed by atoms with Gasteiger partial charge in [0.25, 0.3) is 0 Å². The van der Waals surface area contributed by atoms with Crippen molar-refractivity contribution in [3.8, 4) is 0 Å². The first-order valence-corrected chi connectivity index (χ1v) is 2.91. The molecule has 0 rings (SSSR count). The van der Waals surface area contributed by atoms with E-state index in [0.717, 1.165) is 0 Å². The molecule has 0 aromatic heterocycles. The average molecular weight is 239 g/mol. The third-order valence-electron chi connectivity index (χ3n) is 0.577. The van der Waals surface area contributed by atoms with Gasteiger partial charge in [0, 0.05) is 35.0 Å². The van der Waals surface area contributed by atoms with E-state index < -0.39 is 0 Å². The Morgan fingerprint density at radius 3 is 2.67 bits per heavy atom. The summed E-state index contributed by atoms with van der Waals surface area (Å²) in [7, 11) is 0. The zero-order chi connectivity index (χ0) is 6.41. The van der Waals surface area contributed by atoms with Gasteiger partial charge in [-0.15, -0.1) is 0 Å². The summed E-state index contributed by atoms with van der Waals surface area (Å²) in [4.78, 5) is 10.4. The van der Waals surface area contributed by atoms with Crippen LogP contribution in [0.25, 0.3) is 0 Å². The van der Waals surface area contributed by atoms with Crippen molar-refractivity contribution in [3.05, 3.63) is 11.5 Å². The average Bonchev–Trinajstić information content (AvgIpc) is 1.68. The summed E-state index contributed by atoms with van der Waals surface area (Å²) < 4.78 is 0. The Morgan fingerprint density at radius 2 is 2.33 bits per heavy atom. The van der Waals surface area contributed by atoms with Gasteiger partial charge in [0.1, 0.15) is 0 Å². The molecule has 0 saturated carbocycles. The van der Waals surface area contributed by atoms with E-state index in [-0.39, 0.29) is 28.3 Å². The first-order chi connectivity index (χ1) is 3.81. The molecule has 1 radical (unpaired) electrons. The van der Waals surface area contributed by atoms with Crippen molar-refractivity contribution < 1.29 is 27.2 Å². The van der Waals surface area contributed by atoms with Gasteiger partial charge in [-0.05, 0) is 12.3 Å². The van der Waals surface area contributed by atoms with Crippen molar-refractivity contribution in [3.63, 3.8) is 0 Å². The second-order valence-corrected chi connectivity index (χ2v) is 1.51. The molecular formula is C5H9AgNOS. The molecule has 0 bridgehead atoms. The quantitative estimate of drug-likeness (QED) is 0.411. The summed E-state index contributed by atoms with van der Waals surface area (Å²) in [5.74, 6) is -0.0949. The molecule has 0 atom stereocenters. The van der Waals surface area contributed by atoms with Gasteiger partial charge in [0.15, 0.2) is 0 Å². The molecule has 4 heteroatoms. The molecule has 0 aliphatic carbocycles. The van der Waals surface area contributed by atoms with Crippen LogP contribution in [-0.2, 0) is 27.2 Å². The summed E-state index contributed by atoms with van der Waals surface area (Å²) in [5.41, 5.74) is 0. The van der Waals surface area contributed by atoms with Crippen LogP contribution in [0.3, 0.4) is 0 Å². The maximum atomic E-state index is 10.4. The Labute approximate surface area is 76.0 Å². The van der Waals surface area contributed by atoms with Gasteiger partial charge in [-0.2, -0.15) is 12.6 Å². The van der Waals surface area contributed by atoms with Crippen molar-refractivity contribution in [2.75, 3.05) is 6.54 Å². The van der Waals surface area contributed by atoms with E-state index in [0.29, 0.717) is 6.54 Å². The Hall–Kier alpha value is 0.300. The fourth-order valence-corrected chi connectivity index (χ4v) is 0.436. The number of nitrogens with one attached hydrogen (secondary N) is 1. The molecule has 0 heterocycles. The number of carbonyl (C=O) groups is 1. The number of amides is 1. The van der Waals surface area contributed by atoms with Crippen LogP contribution in [0.4, 0.5) is 0 Å². The Morgan fingerprint density at radius 1 is 1.78 bits per heavy atom. The Bertz CT molecular complexity index is 105. The number of likely N-dealkylation sites (N-methyl/N-ethyl adjacent to an activating group) is 1. The number of hydrogen-bond donors (Lipinski definition) is 2. The molecule has 0 aliphatic heterocycles. The predicted molar refractivity (Wildman–Crippen MR) is 36.8 cm³/mol. The molecule has 0 fully saturated rings. The van der Waals surface area contributed by atoms with Gasteiger partial charge < -0.3 is 5.32 Å². The van der Waals surface area contributed by atoms with Crippen LogP contribution in [0.2, 0.25) is 0 Å². The van der Waals surface area contributed by atoms with Gasteiger partial charge in [0.2, 0.25) is 5.91 Å². The fourth-order valence-electron chi connectivity index (χ4n) is 0.301. The zero-order valence-electron chi connectivity index (χ0n) is 5.02. The molecule has 0 saturated heterocycles. The second kappa shape index (κ2) is 8.30. The minimum Gasteiger partial charge on any atom is -0.353 e. The van der Waals surface area contributed by atoms with Crippen LogP contribution in [0, 0.1) is 0 Å². The number of thiol groups is 1. The molecule has 1 N–H and O–H groups in total. The smallest absolute Gasteiger partial charge is 0.244 e. The molecule has 57 valence electrons. The maximum Gasteiger partial charge on any atom is 0.244 e. The third-order valence-corrected chi connectivity index (χ3v) is 0.726. The van der Waals surface area contributed by atoms with Crippen LogP contribution in [-0.4, -0.2) is 12.5 Å². The van der Waals surface area contributed by atoms with Gasteiger partial charge in [-0.25, -0.2) is 0 Å². The number of rotatable bonds is 2. The molecule has 1 amide bonds. The predicted octanol–water partition coefficient (Wildman–Crippen LogP) is 0.564. The first-order valence-electron chi connectivity index (χ1n) is 2.39. The summed E-state index contributed by atoms with van der Waals surface area (Å²) in [6.07, 6.45) is 1.37. The van der Waals surface area contributed by atoms with E-state index in [1.807, 2.05) is 6.92 Å². The standard InChI is InChI=1S/C5H9NOS.Ag/c1-2-6-5(7)3-4-8;/h3-4,8H,2H2,1H3,(H,6,7);/b4-3-;. The van der Waals surface area contributed by atoms with Crippen molar-refractivity contribution in [1.82, 2.24) is 5.32 Å². The topological polar surface area (TPSA) is 29.1 Å². The molecule has 0 aliphatic rings. The van der Waals surface area contributed by atoms with Gasteiger partial charge in [-0.3, -0.25) is 4.79 Å². The largest absolute Gasteiger partial charge is 0.353 e. The van der Waals surface area contributed by atoms with Crippen molar-refractivity contribution in [2.45, 2.75) is 6.92 Å². The Balaban J connectivity index is 0. The summed E-state index contributed by atoms with van der Waals surface area (Å²) in [6, 6.07) is 0. The molecule has 0 aromatic carbocycles. The maximum absolute atomic E-state index is 10.4. The van der Waals surface area contributed by atoms with Crippen LogP contribution >= 0.6 is 12.6 Å². The minimum atomic E-state index is -0.0949. The molecule has 0 unspecified atom stereocenters. The van der Waals surface area contributed by atoms with Crippen molar-refractivity contribution >= 4 is 18.5 Å². The SMILES string of the molecule is CCNC(=O)/C=C\S.[Ag]. The van der Waals surface area contributed by atoms with Gasteiger partial charge in [-0.1, -0.05) is 0 Å². The van der Waals surface area contributed by atoms with Crippen LogP contribution in [0.15, 0.2) is 11.5 Å². The number of carbonyl (C=O) groups excluding carboxylic acids is 1. The third kappa shape index (κ3) is 8.30. The first kappa shape index (κ1) is 12.0. The van der Waals surface area contributed by atoms with E-state index in [9.17, 15) is 4.79 Å². The van der Waals surface area contributed by atoms with E-state index >= 15 is 0 Å². The molecule has 0 aromatic rings. The summed E-state index contributed by atoms with van der Waals surface area (Å²) in [5, 5.41) is 3.98. The summed E-state index contributed by atoms with van der Waals surface area (Å²) >= 11 is 3.71. The molecule has 2 nitrogen and oxygen atoms in total. The van der Waals surface area contributed by atoms with Gasteiger partial charge in [0.05, 0.1) is 0 Å². The molecule has 9 heavy (non-hydrogen) atoms. The van der Waals surface area contributed by atoms with E-state index in [1.54, 1.807) is 0 Å². The minimum absolute atomic E-state index is 0. The van der Waals surface area contributed by atoms with E-state index in [1.165, 1.54) is 11.5 Å². The van der Waals surface area contributed by atoms with E-state index in [2.05, 4.69) is 17.9 Å². The van der Waals surface area contributed by atoms with E-state index in [4.69, 9.17) is 0 Å². The molecule has 0 spiro atoms. The zero-order valence-corrected chi connectivity index (χ0v) is 7.40. The van der Waals surface area contributed by atoms with Gasteiger partial charge >= 0.3 is 0 Å². The summed E-state index contributed by atoms with van der Waals surface area (Å²) in [6.45, 7) is 2.53. The van der Waals surface area contributed by atoms with Crippen LogP contribution in [0.1, 0.15) is 6.92 Å². The van der Waals surface area contributed by atoms with Crippen LogP contribution in [0.5, 0.6) is 0 Å². The Kier molecular flexibility index (Phi) is 11.1.